The van der Waals surface area contributed by atoms with Crippen LogP contribution < -0.4 is 0 Å². The van der Waals surface area contributed by atoms with Crippen molar-refractivity contribution in [1.29, 1.82) is 0 Å². The molecule has 0 fully saturated rings. The molecule has 130 valence electrons. The van der Waals surface area contributed by atoms with Crippen LogP contribution in [0.3, 0.4) is 0 Å². The Bertz CT molecular complexity index is 1120. The van der Waals surface area contributed by atoms with E-state index < -0.39 is 0 Å². The molecule has 0 amide bonds. The molecular weight excluding hydrogens is 368 g/mol. The van der Waals surface area contributed by atoms with Gasteiger partial charge in [0.05, 0.1) is 5.02 Å². The Labute approximate surface area is 159 Å². The summed E-state index contributed by atoms with van der Waals surface area (Å²) in [4.78, 5) is 16.1. The largest absolute Gasteiger partial charge is 0.453 e. The van der Waals surface area contributed by atoms with E-state index in [-0.39, 0.29) is 5.78 Å². The van der Waals surface area contributed by atoms with Crippen molar-refractivity contribution in [2.24, 2.45) is 0 Å². The number of Topliss-reactive ketones (excluding diaryl/α,β-unsaturated/α-hetero) is 1. The first-order valence-electron chi connectivity index (χ1n) is 8.08. The van der Waals surface area contributed by atoms with Crippen molar-refractivity contribution in [1.82, 2.24) is 9.36 Å². The number of fused-ring (bicyclic) bond motifs is 1. The highest BCUT2D eigenvalue weighted by atomic mass is 35.5. The van der Waals surface area contributed by atoms with Crippen molar-refractivity contribution in [2.45, 2.75) is 20.8 Å². The number of benzene rings is 2. The topological polar surface area (TPSA) is 56.0 Å². The van der Waals surface area contributed by atoms with Gasteiger partial charge in [-0.2, -0.15) is 4.37 Å². The van der Waals surface area contributed by atoms with Crippen LogP contribution in [0.15, 0.2) is 40.8 Å². The van der Waals surface area contributed by atoms with Crippen LogP contribution in [-0.4, -0.2) is 15.1 Å². The van der Waals surface area contributed by atoms with E-state index in [9.17, 15) is 4.79 Å². The summed E-state index contributed by atoms with van der Waals surface area (Å²) >= 11 is 7.58. The van der Waals surface area contributed by atoms with E-state index >= 15 is 0 Å². The second kappa shape index (κ2) is 6.34. The number of carbonyl (C=O) groups excluding carboxylic acids is 1. The minimum atomic E-state index is -0.0293. The Balaban J connectivity index is 1.76. The first-order valence-corrected chi connectivity index (χ1v) is 9.24. The number of carbonyl (C=O) groups is 1. The summed E-state index contributed by atoms with van der Waals surface area (Å²) in [5.41, 5.74) is 4.39. The number of halogens is 1. The lowest BCUT2D eigenvalue weighted by Gasteiger charge is -2.01. The lowest BCUT2D eigenvalue weighted by Crippen LogP contribution is -1.92. The van der Waals surface area contributed by atoms with Crippen molar-refractivity contribution in [3.63, 3.8) is 0 Å². The van der Waals surface area contributed by atoms with Gasteiger partial charge in [-0.3, -0.25) is 4.79 Å². The molecule has 4 rings (SSSR count). The van der Waals surface area contributed by atoms with Crippen molar-refractivity contribution in [3.8, 4) is 22.2 Å². The maximum Gasteiger partial charge on any atom is 0.179 e. The Kier molecular flexibility index (Phi) is 4.13. The second-order valence-corrected chi connectivity index (χ2v) is 7.39. The molecule has 4 aromatic rings. The molecule has 0 radical (unpaired) electrons. The van der Waals surface area contributed by atoms with Gasteiger partial charge in [0, 0.05) is 16.5 Å². The van der Waals surface area contributed by atoms with E-state index in [1.54, 1.807) is 18.2 Å². The summed E-state index contributed by atoms with van der Waals surface area (Å²) < 4.78 is 10.4. The third kappa shape index (κ3) is 2.83. The number of nitrogens with zero attached hydrogens (tertiary/aromatic N) is 2. The fourth-order valence-corrected chi connectivity index (χ4v) is 3.74. The van der Waals surface area contributed by atoms with Crippen molar-refractivity contribution >= 4 is 39.9 Å². The van der Waals surface area contributed by atoms with Gasteiger partial charge in [0.2, 0.25) is 0 Å². The molecule has 0 aliphatic heterocycles. The Morgan fingerprint density at radius 3 is 2.58 bits per heavy atom. The van der Waals surface area contributed by atoms with Gasteiger partial charge in [0.25, 0.3) is 0 Å². The quantitative estimate of drug-likeness (QED) is 0.402. The normalized spacial score (nSPS) is 11.2. The molecular formula is C20H15ClN2O2S. The molecule has 0 unspecified atom stereocenters. The fourth-order valence-electron chi connectivity index (χ4n) is 2.85. The number of aromatic nitrogens is 2. The van der Waals surface area contributed by atoms with Gasteiger partial charge in [-0.05, 0) is 61.6 Å². The highest BCUT2D eigenvalue weighted by Crippen LogP contribution is 2.35. The van der Waals surface area contributed by atoms with Crippen LogP contribution >= 0.6 is 23.1 Å². The van der Waals surface area contributed by atoms with E-state index in [0.717, 1.165) is 22.1 Å². The van der Waals surface area contributed by atoms with E-state index in [4.69, 9.17) is 16.0 Å². The van der Waals surface area contributed by atoms with E-state index in [1.807, 2.05) is 19.1 Å². The van der Waals surface area contributed by atoms with Gasteiger partial charge in [-0.25, -0.2) is 4.98 Å². The molecule has 2 aromatic carbocycles. The molecule has 0 saturated carbocycles. The number of hydrogen-bond acceptors (Lipinski definition) is 5. The van der Waals surface area contributed by atoms with Gasteiger partial charge in [-0.15, -0.1) is 0 Å². The smallest absolute Gasteiger partial charge is 0.179 e. The van der Waals surface area contributed by atoms with Crippen molar-refractivity contribution in [2.75, 3.05) is 0 Å². The summed E-state index contributed by atoms with van der Waals surface area (Å²) in [6.07, 6.45) is 0. The number of aryl methyl sites for hydroxylation is 2. The highest BCUT2D eigenvalue weighted by Gasteiger charge is 2.16. The Hall–Kier alpha value is -2.50. The molecule has 0 atom stereocenters. The summed E-state index contributed by atoms with van der Waals surface area (Å²) in [7, 11) is 0. The van der Waals surface area contributed by atoms with Gasteiger partial charge >= 0.3 is 0 Å². The monoisotopic (exact) mass is 382 g/mol. The van der Waals surface area contributed by atoms with Crippen LogP contribution in [-0.2, 0) is 0 Å². The van der Waals surface area contributed by atoms with Crippen molar-refractivity contribution < 1.29 is 9.21 Å². The van der Waals surface area contributed by atoms with Crippen molar-refractivity contribution in [3.05, 3.63) is 58.1 Å². The molecule has 2 heterocycles. The number of furan rings is 1. The minimum absolute atomic E-state index is 0.0293. The molecule has 4 nitrogen and oxygen atoms in total. The van der Waals surface area contributed by atoms with Gasteiger partial charge in [0.15, 0.2) is 22.4 Å². The first-order chi connectivity index (χ1) is 12.4. The molecule has 26 heavy (non-hydrogen) atoms. The zero-order valence-electron chi connectivity index (χ0n) is 14.5. The molecule has 6 heteroatoms. The van der Waals surface area contributed by atoms with E-state index in [0.29, 0.717) is 32.7 Å². The average molecular weight is 383 g/mol. The third-order valence-corrected chi connectivity index (χ3v) is 5.39. The predicted octanol–water partition coefficient (Wildman–Crippen LogP) is 6.09. The maximum atomic E-state index is 11.5. The Morgan fingerprint density at radius 2 is 1.88 bits per heavy atom. The SMILES string of the molecule is CC(=O)c1ccc(-c2nsc(-c3cc4c(C)ccc(C)c4o3)n2)c(Cl)c1. The van der Waals surface area contributed by atoms with Crippen LogP contribution in [0.2, 0.25) is 5.02 Å². The third-order valence-electron chi connectivity index (χ3n) is 4.35. The highest BCUT2D eigenvalue weighted by molar-refractivity contribution is 7.09. The van der Waals surface area contributed by atoms with Gasteiger partial charge in [-0.1, -0.05) is 29.8 Å². The molecule has 0 bridgehead atoms. The van der Waals surface area contributed by atoms with E-state index in [2.05, 4.69) is 22.3 Å². The van der Waals surface area contributed by atoms with Gasteiger partial charge < -0.3 is 4.42 Å². The maximum absolute atomic E-state index is 11.5. The predicted molar refractivity (Wildman–Crippen MR) is 105 cm³/mol. The Morgan fingerprint density at radius 1 is 1.12 bits per heavy atom. The average Bonchev–Trinajstić information content (AvgIpc) is 3.25. The summed E-state index contributed by atoms with van der Waals surface area (Å²) in [5, 5.41) is 2.24. The second-order valence-electron chi connectivity index (χ2n) is 6.23. The zero-order chi connectivity index (χ0) is 18.4. The van der Waals surface area contributed by atoms with Crippen LogP contribution in [0.1, 0.15) is 28.4 Å². The van der Waals surface area contributed by atoms with Gasteiger partial charge in [0.1, 0.15) is 5.58 Å². The van der Waals surface area contributed by atoms with Crippen LogP contribution in [0, 0.1) is 13.8 Å². The van der Waals surface area contributed by atoms with Crippen LogP contribution in [0.25, 0.3) is 33.1 Å². The number of hydrogen-bond donors (Lipinski definition) is 0. The zero-order valence-corrected chi connectivity index (χ0v) is 16.0. The van der Waals surface area contributed by atoms with Crippen LogP contribution in [0.4, 0.5) is 0 Å². The lowest BCUT2D eigenvalue weighted by molar-refractivity contribution is 0.101. The number of ketones is 1. The summed E-state index contributed by atoms with van der Waals surface area (Å²) in [5.74, 6) is 1.19. The molecule has 0 aliphatic rings. The van der Waals surface area contributed by atoms with E-state index in [1.165, 1.54) is 18.5 Å². The number of rotatable bonds is 3. The molecule has 0 saturated heterocycles. The standard InChI is InChI=1S/C20H15ClN2O2S/c1-10-4-5-11(2)18-15(10)9-17(25-18)20-22-19(23-26-20)14-7-6-13(12(3)24)8-16(14)21/h4-9H,1-3H3. The fraction of sp³-hybridized carbons (Fsp3) is 0.150. The molecule has 0 N–H and O–H groups in total. The summed E-state index contributed by atoms with van der Waals surface area (Å²) in [6, 6.07) is 11.3. The lowest BCUT2D eigenvalue weighted by atomic mass is 10.1. The summed E-state index contributed by atoms with van der Waals surface area (Å²) in [6.45, 7) is 5.59. The molecule has 2 aromatic heterocycles. The molecule has 0 spiro atoms. The van der Waals surface area contributed by atoms with Crippen LogP contribution in [0.5, 0.6) is 0 Å². The minimum Gasteiger partial charge on any atom is -0.453 e. The first kappa shape index (κ1) is 16.9. The molecule has 0 aliphatic carbocycles.